The number of benzene rings is 1. The lowest BCUT2D eigenvalue weighted by atomic mass is 10.2. The SMILES string of the molecule is C[C@@H](C(=O)NC1CC1)N1CCN(S(=O)(=O)Cc2noc3ccccc23)CC1. The minimum absolute atomic E-state index is 0.0304. The minimum atomic E-state index is -3.49. The number of carbonyl (C=O) groups is 1. The highest BCUT2D eigenvalue weighted by atomic mass is 32.2. The largest absolute Gasteiger partial charge is 0.356 e. The molecule has 1 aliphatic carbocycles. The van der Waals surface area contributed by atoms with Gasteiger partial charge in [-0.2, -0.15) is 4.31 Å². The summed E-state index contributed by atoms with van der Waals surface area (Å²) < 4.78 is 32.3. The van der Waals surface area contributed by atoms with Crippen molar-refractivity contribution in [3.8, 4) is 0 Å². The molecule has 27 heavy (non-hydrogen) atoms. The van der Waals surface area contributed by atoms with E-state index in [9.17, 15) is 13.2 Å². The van der Waals surface area contributed by atoms with Gasteiger partial charge in [0.2, 0.25) is 15.9 Å². The fourth-order valence-electron chi connectivity index (χ4n) is 3.39. The first-order valence-corrected chi connectivity index (χ1v) is 10.9. The average molecular weight is 392 g/mol. The van der Waals surface area contributed by atoms with Gasteiger partial charge in [-0.15, -0.1) is 0 Å². The minimum Gasteiger partial charge on any atom is -0.356 e. The van der Waals surface area contributed by atoms with Crippen LogP contribution in [0.4, 0.5) is 0 Å². The maximum absolute atomic E-state index is 12.8. The van der Waals surface area contributed by atoms with Gasteiger partial charge in [0.05, 0.1) is 6.04 Å². The predicted molar refractivity (Wildman–Crippen MR) is 100 cm³/mol. The van der Waals surface area contributed by atoms with Crippen LogP contribution in [-0.4, -0.2) is 66.9 Å². The van der Waals surface area contributed by atoms with E-state index in [4.69, 9.17) is 4.52 Å². The predicted octanol–water partition coefficient (Wildman–Crippen LogP) is 0.942. The Kier molecular flexibility index (Phi) is 4.92. The molecule has 1 aliphatic heterocycles. The van der Waals surface area contributed by atoms with Crippen molar-refractivity contribution in [2.24, 2.45) is 0 Å². The first-order chi connectivity index (χ1) is 12.9. The molecular formula is C18H24N4O4S. The quantitative estimate of drug-likeness (QED) is 0.786. The fraction of sp³-hybridized carbons (Fsp3) is 0.556. The summed E-state index contributed by atoms with van der Waals surface area (Å²) in [6.45, 7) is 3.71. The number of para-hydroxylation sites is 1. The highest BCUT2D eigenvalue weighted by Gasteiger charge is 2.33. The molecular weight excluding hydrogens is 368 g/mol. The van der Waals surface area contributed by atoms with E-state index in [1.165, 1.54) is 4.31 Å². The summed E-state index contributed by atoms with van der Waals surface area (Å²) in [4.78, 5) is 14.2. The van der Waals surface area contributed by atoms with E-state index in [0.29, 0.717) is 43.5 Å². The van der Waals surface area contributed by atoms with E-state index in [1.54, 1.807) is 6.07 Å². The van der Waals surface area contributed by atoms with Crippen LogP contribution in [0.1, 0.15) is 25.5 Å². The lowest BCUT2D eigenvalue weighted by Gasteiger charge is -2.36. The number of piperazine rings is 1. The molecule has 9 heteroatoms. The summed E-state index contributed by atoms with van der Waals surface area (Å²) in [5.74, 6) is -0.148. The Hall–Kier alpha value is -1.97. The maximum Gasteiger partial charge on any atom is 0.237 e. The van der Waals surface area contributed by atoms with E-state index < -0.39 is 10.0 Å². The third kappa shape index (κ3) is 3.99. The summed E-state index contributed by atoms with van der Waals surface area (Å²) in [5, 5.41) is 7.67. The van der Waals surface area contributed by atoms with Gasteiger partial charge in [0.15, 0.2) is 5.58 Å². The second-order valence-corrected chi connectivity index (χ2v) is 9.24. The van der Waals surface area contributed by atoms with Crippen LogP contribution < -0.4 is 5.32 Å². The molecule has 2 heterocycles. The normalized spacial score (nSPS) is 20.6. The van der Waals surface area contributed by atoms with E-state index >= 15 is 0 Å². The molecule has 0 bridgehead atoms. The number of rotatable bonds is 6. The number of carbonyl (C=O) groups excluding carboxylic acids is 1. The zero-order valence-corrected chi connectivity index (χ0v) is 16.1. The molecule has 0 spiro atoms. The number of hydrogen-bond donors (Lipinski definition) is 1. The highest BCUT2D eigenvalue weighted by Crippen LogP contribution is 2.22. The topological polar surface area (TPSA) is 95.8 Å². The maximum atomic E-state index is 12.8. The molecule has 2 aliphatic rings. The van der Waals surface area contributed by atoms with Crippen molar-refractivity contribution in [2.75, 3.05) is 26.2 Å². The molecule has 2 aromatic rings. The van der Waals surface area contributed by atoms with Crippen molar-refractivity contribution in [3.63, 3.8) is 0 Å². The lowest BCUT2D eigenvalue weighted by molar-refractivity contribution is -0.126. The van der Waals surface area contributed by atoms with E-state index in [1.807, 2.05) is 30.0 Å². The summed E-state index contributed by atoms with van der Waals surface area (Å²) in [7, 11) is -3.49. The molecule has 146 valence electrons. The van der Waals surface area contributed by atoms with Crippen LogP contribution in [-0.2, 0) is 20.6 Å². The van der Waals surface area contributed by atoms with Crippen LogP contribution >= 0.6 is 0 Å². The van der Waals surface area contributed by atoms with Crippen LogP contribution in [0.2, 0.25) is 0 Å². The van der Waals surface area contributed by atoms with Gasteiger partial charge in [0.25, 0.3) is 0 Å². The Balaban J connectivity index is 1.37. The number of fused-ring (bicyclic) bond motifs is 1. The Bertz CT molecular complexity index is 930. The second-order valence-electron chi connectivity index (χ2n) is 7.28. The van der Waals surface area contributed by atoms with Gasteiger partial charge in [-0.25, -0.2) is 8.42 Å². The van der Waals surface area contributed by atoms with E-state index in [2.05, 4.69) is 10.5 Å². The number of hydrogen-bond acceptors (Lipinski definition) is 6. The Labute approximate surface area is 158 Å². The summed E-state index contributed by atoms with van der Waals surface area (Å²) >= 11 is 0. The molecule has 8 nitrogen and oxygen atoms in total. The lowest BCUT2D eigenvalue weighted by Crippen LogP contribution is -2.55. The molecule has 2 fully saturated rings. The van der Waals surface area contributed by atoms with Crippen LogP contribution in [0.15, 0.2) is 28.8 Å². The third-order valence-electron chi connectivity index (χ3n) is 5.29. The first kappa shape index (κ1) is 18.4. The van der Waals surface area contributed by atoms with Gasteiger partial charge in [0.1, 0.15) is 11.4 Å². The average Bonchev–Trinajstić information content (AvgIpc) is 3.40. The molecule has 1 aromatic carbocycles. The molecule has 1 saturated heterocycles. The van der Waals surface area contributed by atoms with Crippen molar-refractivity contribution in [1.82, 2.24) is 19.7 Å². The molecule has 1 N–H and O–H groups in total. The zero-order chi connectivity index (χ0) is 19.0. The Morgan fingerprint density at radius 3 is 2.67 bits per heavy atom. The Morgan fingerprint density at radius 1 is 1.26 bits per heavy atom. The summed E-state index contributed by atoms with van der Waals surface area (Å²) in [6.07, 6.45) is 2.11. The third-order valence-corrected chi connectivity index (χ3v) is 7.08. The van der Waals surface area contributed by atoms with Gasteiger partial charge < -0.3 is 9.84 Å². The number of amides is 1. The van der Waals surface area contributed by atoms with Crippen molar-refractivity contribution in [3.05, 3.63) is 30.0 Å². The summed E-state index contributed by atoms with van der Waals surface area (Å²) in [5.41, 5.74) is 1.02. The molecule has 0 unspecified atom stereocenters. The van der Waals surface area contributed by atoms with E-state index in [0.717, 1.165) is 18.2 Å². The number of sulfonamides is 1. The van der Waals surface area contributed by atoms with Crippen LogP contribution in [0.5, 0.6) is 0 Å². The van der Waals surface area contributed by atoms with Crippen LogP contribution in [0.25, 0.3) is 11.0 Å². The molecule has 1 aromatic heterocycles. The summed E-state index contributed by atoms with van der Waals surface area (Å²) in [6, 6.07) is 7.34. The van der Waals surface area contributed by atoms with Gasteiger partial charge in [-0.1, -0.05) is 17.3 Å². The molecule has 1 saturated carbocycles. The molecule has 1 amide bonds. The van der Waals surface area contributed by atoms with Gasteiger partial charge in [-0.05, 0) is 31.9 Å². The standard InChI is InChI=1S/C18H24N4O4S/c1-13(18(23)19-14-6-7-14)21-8-10-22(11-9-21)27(24,25)12-16-15-4-2-3-5-17(15)26-20-16/h2-5,13-14H,6-12H2,1H3,(H,19,23)/t13-/m0/s1. The van der Waals surface area contributed by atoms with Crippen LogP contribution in [0, 0.1) is 0 Å². The second kappa shape index (κ2) is 7.21. The zero-order valence-electron chi connectivity index (χ0n) is 15.3. The van der Waals surface area contributed by atoms with Gasteiger partial charge >= 0.3 is 0 Å². The monoisotopic (exact) mass is 392 g/mol. The smallest absolute Gasteiger partial charge is 0.237 e. The first-order valence-electron chi connectivity index (χ1n) is 9.29. The van der Waals surface area contributed by atoms with Crippen molar-refractivity contribution < 1.29 is 17.7 Å². The fourth-order valence-corrected chi connectivity index (χ4v) is 4.85. The van der Waals surface area contributed by atoms with Crippen molar-refractivity contribution in [1.29, 1.82) is 0 Å². The number of nitrogens with zero attached hydrogens (tertiary/aromatic N) is 3. The van der Waals surface area contributed by atoms with Gasteiger partial charge in [0, 0.05) is 37.6 Å². The van der Waals surface area contributed by atoms with Crippen molar-refractivity contribution >= 4 is 26.9 Å². The molecule has 0 radical (unpaired) electrons. The van der Waals surface area contributed by atoms with Gasteiger partial charge in [-0.3, -0.25) is 9.69 Å². The number of aromatic nitrogens is 1. The Morgan fingerprint density at radius 2 is 1.96 bits per heavy atom. The number of nitrogens with one attached hydrogen (secondary N) is 1. The highest BCUT2D eigenvalue weighted by molar-refractivity contribution is 7.88. The molecule has 1 atom stereocenters. The van der Waals surface area contributed by atoms with E-state index in [-0.39, 0.29) is 17.7 Å². The van der Waals surface area contributed by atoms with Crippen molar-refractivity contribution in [2.45, 2.75) is 37.6 Å². The van der Waals surface area contributed by atoms with Crippen LogP contribution in [0.3, 0.4) is 0 Å². The molecule has 4 rings (SSSR count).